The highest BCUT2D eigenvalue weighted by Gasteiger charge is 2.28. The lowest BCUT2D eigenvalue weighted by atomic mass is 10.0. The van der Waals surface area contributed by atoms with Gasteiger partial charge in [0.15, 0.2) is 0 Å². The van der Waals surface area contributed by atoms with E-state index in [0.717, 1.165) is 19.2 Å². The van der Waals surface area contributed by atoms with E-state index in [2.05, 4.69) is 25.5 Å². The van der Waals surface area contributed by atoms with Gasteiger partial charge in [0.25, 0.3) is 11.5 Å². The lowest BCUT2D eigenvalue weighted by Crippen LogP contribution is -2.44. The Bertz CT molecular complexity index is 1460. The quantitative estimate of drug-likeness (QED) is 0.439. The second-order valence-electron chi connectivity index (χ2n) is 9.68. The number of likely N-dealkylation sites (N-methyl/N-ethyl adjacent to an activating group) is 2. The van der Waals surface area contributed by atoms with Gasteiger partial charge >= 0.3 is 0 Å². The zero-order valence-corrected chi connectivity index (χ0v) is 21.0. The molecule has 0 bridgehead atoms. The number of nitrogens with one attached hydrogen (secondary N) is 3. The molecule has 1 aromatic heterocycles. The molecule has 0 saturated carbocycles. The summed E-state index contributed by atoms with van der Waals surface area (Å²) in [5, 5.41) is 5.90. The van der Waals surface area contributed by atoms with E-state index in [-0.39, 0.29) is 28.0 Å². The molecule has 3 N–H and O–H groups in total. The Kier molecular flexibility index (Phi) is 6.65. The Morgan fingerprint density at radius 3 is 2.57 bits per heavy atom. The summed E-state index contributed by atoms with van der Waals surface area (Å²) in [7, 11) is 5.85. The maximum atomic E-state index is 15.1. The first-order chi connectivity index (χ1) is 17.7. The number of fused-ring (bicyclic) bond motifs is 2. The number of aromatic nitrogens is 2. The van der Waals surface area contributed by atoms with E-state index >= 15 is 4.39 Å². The van der Waals surface area contributed by atoms with E-state index in [1.54, 1.807) is 6.07 Å². The monoisotopic (exact) mass is 509 g/mol. The largest absolute Gasteiger partial charge is 0.381 e. The number of carbonyl (C=O) groups is 1. The van der Waals surface area contributed by atoms with Crippen molar-refractivity contribution < 1.29 is 13.6 Å². The summed E-state index contributed by atoms with van der Waals surface area (Å²) >= 11 is 0. The zero-order valence-electron chi connectivity index (χ0n) is 21.0. The van der Waals surface area contributed by atoms with Crippen LogP contribution in [0.15, 0.2) is 29.1 Å². The van der Waals surface area contributed by atoms with Crippen molar-refractivity contribution in [3.05, 3.63) is 57.6 Å². The molecule has 0 atom stereocenters. The third-order valence-corrected chi connectivity index (χ3v) is 6.68. The first-order valence-corrected chi connectivity index (χ1v) is 12.1. The predicted molar refractivity (Wildman–Crippen MR) is 142 cm³/mol. The first-order valence-electron chi connectivity index (χ1n) is 12.1. The fraction of sp³-hybridized carbons (Fsp3) is 0.346. The van der Waals surface area contributed by atoms with Crippen LogP contribution in [0.5, 0.6) is 0 Å². The molecule has 9 nitrogen and oxygen atoms in total. The summed E-state index contributed by atoms with van der Waals surface area (Å²) in [6, 6.07) is 5.61. The highest BCUT2D eigenvalue weighted by Crippen LogP contribution is 2.37. The predicted octanol–water partition coefficient (Wildman–Crippen LogP) is 2.42. The molecular formula is C26H29F2N7O2. The molecule has 1 saturated heterocycles. The van der Waals surface area contributed by atoms with Crippen molar-refractivity contribution in [3.8, 4) is 0 Å². The number of H-pyrrole nitrogens is 1. The van der Waals surface area contributed by atoms with E-state index < -0.39 is 23.1 Å². The van der Waals surface area contributed by atoms with Gasteiger partial charge in [-0.2, -0.15) is 0 Å². The maximum Gasteiger partial charge on any atom is 0.259 e. The Morgan fingerprint density at radius 2 is 1.84 bits per heavy atom. The minimum Gasteiger partial charge on any atom is -0.381 e. The van der Waals surface area contributed by atoms with Crippen molar-refractivity contribution >= 4 is 45.5 Å². The number of piperazine rings is 1. The molecule has 0 aliphatic carbocycles. The van der Waals surface area contributed by atoms with Crippen LogP contribution in [0.4, 0.5) is 25.8 Å². The fourth-order valence-corrected chi connectivity index (χ4v) is 4.57. The smallest absolute Gasteiger partial charge is 0.259 e. The number of hydrogen-bond donors (Lipinski definition) is 3. The molecule has 5 rings (SSSR count). The second kappa shape index (κ2) is 9.91. The summed E-state index contributed by atoms with van der Waals surface area (Å²) in [5.74, 6) is -1.28. The lowest BCUT2D eigenvalue weighted by molar-refractivity contribution is -0.110. The van der Waals surface area contributed by atoms with Crippen molar-refractivity contribution in [3.63, 3.8) is 0 Å². The molecule has 11 heteroatoms. The normalized spacial score (nSPS) is 17.1. The van der Waals surface area contributed by atoms with Crippen LogP contribution < -0.4 is 21.1 Å². The highest BCUT2D eigenvalue weighted by atomic mass is 19.1. The third kappa shape index (κ3) is 5.05. The minimum absolute atomic E-state index is 0.0944. The molecule has 2 aromatic carbocycles. The molecule has 0 radical (unpaired) electrons. The Hall–Kier alpha value is -3.83. The van der Waals surface area contributed by atoms with Gasteiger partial charge in [-0.05, 0) is 51.5 Å². The Labute approximate surface area is 212 Å². The molecule has 1 fully saturated rings. The van der Waals surface area contributed by atoms with Gasteiger partial charge in [0.1, 0.15) is 17.5 Å². The molecule has 0 spiro atoms. The number of carbonyl (C=O) groups excluding carboxylic acids is 1. The molecule has 37 heavy (non-hydrogen) atoms. The van der Waals surface area contributed by atoms with Gasteiger partial charge in [-0.15, -0.1) is 0 Å². The molecule has 0 unspecified atom stereocenters. The van der Waals surface area contributed by atoms with Gasteiger partial charge in [-0.1, -0.05) is 0 Å². The van der Waals surface area contributed by atoms with Gasteiger partial charge in [0, 0.05) is 44.8 Å². The average molecular weight is 510 g/mol. The number of halogens is 2. The van der Waals surface area contributed by atoms with E-state index in [1.807, 2.05) is 30.9 Å². The van der Waals surface area contributed by atoms with Crippen molar-refractivity contribution in [2.75, 3.05) is 75.9 Å². The summed E-state index contributed by atoms with van der Waals surface area (Å²) in [6.07, 6.45) is 1.42. The summed E-state index contributed by atoms with van der Waals surface area (Å²) < 4.78 is 29.7. The van der Waals surface area contributed by atoms with Crippen LogP contribution in [-0.4, -0.2) is 86.1 Å². The van der Waals surface area contributed by atoms with Gasteiger partial charge in [-0.3, -0.25) is 9.59 Å². The third-order valence-electron chi connectivity index (χ3n) is 6.68. The standard InChI is InChI=1S/C26H29F2N7O2/c1-33(2)5-4-29-22-13-20-17(11-18(22)27)26(37)32-24(30-20)12-16-15-10-19(28)23(14-21(15)31-25(16)36)35-8-6-34(3)7-9-35/h10-14,29H,4-9H2,1-3H3,(H,31,36)(H,30,32,37)/b16-12-. The van der Waals surface area contributed by atoms with Crippen molar-refractivity contribution in [2.24, 2.45) is 0 Å². The summed E-state index contributed by atoms with van der Waals surface area (Å²) in [4.78, 5) is 38.6. The van der Waals surface area contributed by atoms with Gasteiger partial charge < -0.3 is 30.3 Å². The summed E-state index contributed by atoms with van der Waals surface area (Å²) in [6.45, 7) is 4.24. The number of amides is 1. The van der Waals surface area contributed by atoms with Crippen molar-refractivity contribution in [2.45, 2.75) is 0 Å². The Morgan fingerprint density at radius 1 is 1.08 bits per heavy atom. The van der Waals surface area contributed by atoms with E-state index in [9.17, 15) is 14.0 Å². The average Bonchev–Trinajstić information content (AvgIpc) is 3.14. The number of nitrogens with zero attached hydrogens (tertiary/aromatic N) is 4. The number of anilines is 3. The molecule has 3 aromatic rings. The summed E-state index contributed by atoms with van der Waals surface area (Å²) in [5.41, 5.74) is 1.51. The fourth-order valence-electron chi connectivity index (χ4n) is 4.57. The SMILES string of the molecule is CN(C)CCNc1cc2nc(/C=C3\C(=O)Nc4cc(N5CCN(C)CC5)c(F)cc43)[nH]c(=O)c2cc1F. The number of hydrogen-bond acceptors (Lipinski definition) is 7. The number of rotatable bonds is 6. The maximum absolute atomic E-state index is 15.1. The molecule has 2 aliphatic rings. The van der Waals surface area contributed by atoms with Gasteiger partial charge in [0.05, 0.1) is 33.5 Å². The second-order valence-corrected chi connectivity index (χ2v) is 9.68. The van der Waals surface area contributed by atoms with Gasteiger partial charge in [0.2, 0.25) is 0 Å². The van der Waals surface area contributed by atoms with Crippen LogP contribution in [-0.2, 0) is 4.79 Å². The van der Waals surface area contributed by atoms with Crippen molar-refractivity contribution in [1.29, 1.82) is 0 Å². The highest BCUT2D eigenvalue weighted by molar-refractivity contribution is 6.35. The molecule has 2 aliphatic heterocycles. The van der Waals surface area contributed by atoms with E-state index in [4.69, 9.17) is 0 Å². The van der Waals surface area contributed by atoms with Crippen LogP contribution in [0.1, 0.15) is 11.4 Å². The van der Waals surface area contributed by atoms with Crippen LogP contribution in [0, 0.1) is 11.6 Å². The molecule has 194 valence electrons. The molecular weight excluding hydrogens is 480 g/mol. The van der Waals surface area contributed by atoms with Crippen molar-refractivity contribution in [1.82, 2.24) is 19.8 Å². The molecule has 3 heterocycles. The number of aromatic amines is 1. The minimum atomic E-state index is -0.555. The van der Waals surface area contributed by atoms with Crippen LogP contribution in [0.3, 0.4) is 0 Å². The number of benzene rings is 2. The topological polar surface area (TPSA) is 96.6 Å². The van der Waals surface area contributed by atoms with Gasteiger partial charge in [-0.25, -0.2) is 13.8 Å². The van der Waals surface area contributed by atoms with E-state index in [0.29, 0.717) is 43.1 Å². The van der Waals surface area contributed by atoms with E-state index in [1.165, 1.54) is 18.2 Å². The zero-order chi connectivity index (χ0) is 26.3. The van der Waals surface area contributed by atoms with Crippen LogP contribution in [0.2, 0.25) is 0 Å². The van der Waals surface area contributed by atoms with Crippen LogP contribution in [0.25, 0.3) is 22.6 Å². The lowest BCUT2D eigenvalue weighted by Gasteiger charge is -2.34. The first kappa shape index (κ1) is 24.8. The Balaban J connectivity index is 1.48. The molecule has 1 amide bonds. The van der Waals surface area contributed by atoms with Crippen LogP contribution >= 0.6 is 0 Å².